The molecule has 0 heterocycles. The Hall–Kier alpha value is -0.160. The van der Waals surface area contributed by atoms with Crippen molar-refractivity contribution < 1.29 is 4.84 Å². The van der Waals surface area contributed by atoms with Gasteiger partial charge >= 0.3 is 0 Å². The normalized spacial score (nSPS) is 14.3. The van der Waals surface area contributed by atoms with E-state index in [0.29, 0.717) is 6.61 Å². The summed E-state index contributed by atoms with van der Waals surface area (Å²) in [6, 6.07) is 0. The molecule has 0 saturated carbocycles. The molecule has 56 valence electrons. The SMILES string of the molecule is CC(CCON)C(N)N. The highest BCUT2D eigenvalue weighted by molar-refractivity contribution is 4.60. The van der Waals surface area contributed by atoms with Gasteiger partial charge < -0.3 is 16.3 Å². The molecule has 0 aliphatic rings. The molecule has 9 heavy (non-hydrogen) atoms. The van der Waals surface area contributed by atoms with Gasteiger partial charge in [-0.1, -0.05) is 6.92 Å². The van der Waals surface area contributed by atoms with Gasteiger partial charge in [0.1, 0.15) is 0 Å². The largest absolute Gasteiger partial charge is 0.316 e. The summed E-state index contributed by atoms with van der Waals surface area (Å²) in [5.74, 6) is 5.07. The van der Waals surface area contributed by atoms with E-state index in [4.69, 9.17) is 17.4 Å². The highest BCUT2D eigenvalue weighted by Crippen LogP contribution is 2.00. The molecule has 0 fully saturated rings. The van der Waals surface area contributed by atoms with Crippen LogP contribution in [0.1, 0.15) is 13.3 Å². The summed E-state index contributed by atoms with van der Waals surface area (Å²) in [5, 5.41) is 0. The Bertz CT molecular complexity index is 67.2. The summed E-state index contributed by atoms with van der Waals surface area (Å²) in [6.07, 6.45) is 0.550. The lowest BCUT2D eigenvalue weighted by atomic mass is 10.1. The van der Waals surface area contributed by atoms with Crippen LogP contribution < -0.4 is 17.4 Å². The molecule has 0 aliphatic carbocycles. The molecule has 0 amide bonds. The molecule has 0 saturated heterocycles. The van der Waals surface area contributed by atoms with E-state index in [2.05, 4.69) is 4.84 Å². The maximum Gasteiger partial charge on any atom is 0.0682 e. The molecule has 0 spiro atoms. The highest BCUT2D eigenvalue weighted by Gasteiger charge is 2.05. The van der Waals surface area contributed by atoms with Gasteiger partial charge in [0.25, 0.3) is 0 Å². The van der Waals surface area contributed by atoms with E-state index in [-0.39, 0.29) is 12.1 Å². The van der Waals surface area contributed by atoms with Gasteiger partial charge in [0.05, 0.1) is 12.8 Å². The zero-order valence-corrected chi connectivity index (χ0v) is 5.71. The van der Waals surface area contributed by atoms with Crippen molar-refractivity contribution >= 4 is 0 Å². The average Bonchev–Trinajstić information content (AvgIpc) is 1.82. The Morgan fingerprint density at radius 2 is 2.00 bits per heavy atom. The lowest BCUT2D eigenvalue weighted by molar-refractivity contribution is 0.121. The molecule has 0 aliphatic heterocycles. The van der Waals surface area contributed by atoms with Crippen molar-refractivity contribution in [2.24, 2.45) is 23.3 Å². The minimum absolute atomic E-state index is 0.264. The summed E-state index contributed by atoms with van der Waals surface area (Å²) >= 11 is 0. The zero-order valence-electron chi connectivity index (χ0n) is 5.71. The molecule has 1 atom stereocenters. The van der Waals surface area contributed by atoms with Gasteiger partial charge in [-0.2, -0.15) is 0 Å². The molecule has 6 N–H and O–H groups in total. The molecule has 0 aromatic carbocycles. The minimum atomic E-state index is -0.264. The fourth-order valence-corrected chi connectivity index (χ4v) is 0.446. The van der Waals surface area contributed by atoms with Crippen molar-refractivity contribution in [3.63, 3.8) is 0 Å². The van der Waals surface area contributed by atoms with Crippen LogP contribution >= 0.6 is 0 Å². The molecule has 0 rings (SSSR count). The van der Waals surface area contributed by atoms with Crippen LogP contribution in [0.2, 0.25) is 0 Å². The van der Waals surface area contributed by atoms with Gasteiger partial charge in [-0.25, -0.2) is 5.90 Å². The summed E-state index contributed by atoms with van der Waals surface area (Å²) in [6.45, 7) is 2.48. The van der Waals surface area contributed by atoms with Gasteiger partial charge in [0.15, 0.2) is 0 Å². The topological polar surface area (TPSA) is 87.3 Å². The van der Waals surface area contributed by atoms with Crippen molar-refractivity contribution in [2.45, 2.75) is 19.5 Å². The van der Waals surface area contributed by atoms with E-state index < -0.39 is 0 Å². The molecule has 0 radical (unpaired) electrons. The second kappa shape index (κ2) is 4.69. The van der Waals surface area contributed by atoms with Crippen molar-refractivity contribution in [3.8, 4) is 0 Å². The van der Waals surface area contributed by atoms with E-state index in [1.807, 2.05) is 6.92 Å². The van der Waals surface area contributed by atoms with Crippen molar-refractivity contribution in [1.82, 2.24) is 0 Å². The Labute approximate surface area is 55.3 Å². The first kappa shape index (κ1) is 8.84. The van der Waals surface area contributed by atoms with E-state index in [0.717, 1.165) is 6.42 Å². The van der Waals surface area contributed by atoms with Crippen LogP contribution in [0.15, 0.2) is 0 Å². The lowest BCUT2D eigenvalue weighted by Crippen LogP contribution is -2.37. The Balaban J connectivity index is 3.16. The molecule has 4 heteroatoms. The Kier molecular flexibility index (Phi) is 4.61. The summed E-state index contributed by atoms with van der Waals surface area (Å²) in [7, 11) is 0. The summed E-state index contributed by atoms with van der Waals surface area (Å²) < 4.78 is 0. The van der Waals surface area contributed by atoms with Gasteiger partial charge in [0.2, 0.25) is 0 Å². The van der Waals surface area contributed by atoms with Crippen LogP contribution in [0.25, 0.3) is 0 Å². The second-order valence-corrected chi connectivity index (χ2v) is 2.21. The van der Waals surface area contributed by atoms with Gasteiger partial charge in [0, 0.05) is 0 Å². The number of nitrogens with two attached hydrogens (primary N) is 3. The maximum absolute atomic E-state index is 5.36. The van der Waals surface area contributed by atoms with E-state index in [1.165, 1.54) is 0 Å². The van der Waals surface area contributed by atoms with E-state index in [1.54, 1.807) is 0 Å². The molecule has 0 aromatic rings. The molecule has 1 unspecified atom stereocenters. The maximum atomic E-state index is 5.36. The smallest absolute Gasteiger partial charge is 0.0682 e. The van der Waals surface area contributed by atoms with Crippen molar-refractivity contribution in [3.05, 3.63) is 0 Å². The molecule has 0 bridgehead atoms. The van der Waals surface area contributed by atoms with E-state index >= 15 is 0 Å². The monoisotopic (exact) mass is 133 g/mol. The Morgan fingerprint density at radius 1 is 1.44 bits per heavy atom. The number of hydrogen-bond acceptors (Lipinski definition) is 4. The van der Waals surface area contributed by atoms with Crippen molar-refractivity contribution in [1.29, 1.82) is 0 Å². The first-order valence-electron chi connectivity index (χ1n) is 3.01. The van der Waals surface area contributed by atoms with Crippen LogP contribution in [0.5, 0.6) is 0 Å². The third-order valence-corrected chi connectivity index (χ3v) is 1.35. The second-order valence-electron chi connectivity index (χ2n) is 2.21. The third-order valence-electron chi connectivity index (χ3n) is 1.35. The minimum Gasteiger partial charge on any atom is -0.316 e. The van der Waals surface area contributed by atoms with Crippen LogP contribution in [-0.2, 0) is 4.84 Å². The fraction of sp³-hybridized carbons (Fsp3) is 1.00. The summed E-state index contributed by atoms with van der Waals surface area (Å²) in [4.78, 5) is 4.35. The predicted molar refractivity (Wildman–Crippen MR) is 36.1 cm³/mol. The van der Waals surface area contributed by atoms with Gasteiger partial charge in [-0.05, 0) is 12.3 Å². The van der Waals surface area contributed by atoms with Gasteiger partial charge in [-0.15, -0.1) is 0 Å². The molecule has 0 aromatic heterocycles. The molecular weight excluding hydrogens is 118 g/mol. The first-order valence-corrected chi connectivity index (χ1v) is 3.01. The average molecular weight is 133 g/mol. The molecule has 4 nitrogen and oxygen atoms in total. The lowest BCUT2D eigenvalue weighted by Gasteiger charge is -2.13. The Morgan fingerprint density at radius 3 is 2.33 bits per heavy atom. The van der Waals surface area contributed by atoms with Crippen LogP contribution in [0.4, 0.5) is 0 Å². The van der Waals surface area contributed by atoms with Gasteiger partial charge in [-0.3, -0.25) is 0 Å². The van der Waals surface area contributed by atoms with E-state index in [9.17, 15) is 0 Å². The standard InChI is InChI=1S/C5H15N3O/c1-4(5(6)7)2-3-9-8/h4-5H,2-3,6-8H2,1H3. The quantitative estimate of drug-likeness (QED) is 0.344. The molecular formula is C5H15N3O. The fourth-order valence-electron chi connectivity index (χ4n) is 0.446. The van der Waals surface area contributed by atoms with Crippen LogP contribution in [-0.4, -0.2) is 12.8 Å². The third kappa shape index (κ3) is 4.35. The zero-order chi connectivity index (χ0) is 7.28. The number of hydrogen-bond donors (Lipinski definition) is 3. The van der Waals surface area contributed by atoms with Crippen molar-refractivity contribution in [2.75, 3.05) is 6.61 Å². The number of rotatable bonds is 4. The highest BCUT2D eigenvalue weighted by atomic mass is 16.6. The first-order chi connectivity index (χ1) is 4.18. The van der Waals surface area contributed by atoms with Crippen LogP contribution in [0.3, 0.4) is 0 Å². The predicted octanol–water partition coefficient (Wildman–Crippen LogP) is -0.854. The summed E-state index contributed by atoms with van der Waals surface area (Å²) in [5.41, 5.74) is 10.7. The van der Waals surface area contributed by atoms with Crippen LogP contribution in [0, 0.1) is 5.92 Å².